The van der Waals surface area contributed by atoms with Gasteiger partial charge < -0.3 is 14.6 Å². The van der Waals surface area contributed by atoms with Crippen LogP contribution < -0.4 is 19.5 Å². The fourth-order valence-corrected chi connectivity index (χ4v) is 5.33. The highest BCUT2D eigenvalue weighted by molar-refractivity contribution is 7.89. The molecule has 9 nitrogen and oxygen atoms in total. The zero-order valence-corrected chi connectivity index (χ0v) is 21.1. The second-order valence-corrected chi connectivity index (χ2v) is 10.3. The number of rotatable bonds is 8. The molecule has 36 heavy (non-hydrogen) atoms. The summed E-state index contributed by atoms with van der Waals surface area (Å²) >= 11 is 1.31. The second-order valence-electron chi connectivity index (χ2n) is 7.75. The molecule has 1 fully saturated rings. The van der Waals surface area contributed by atoms with Crippen molar-refractivity contribution in [3.63, 3.8) is 0 Å². The maximum absolute atomic E-state index is 13.3. The fraction of sp³-hybridized carbons (Fsp3) is 0.200. The lowest BCUT2D eigenvalue weighted by molar-refractivity contribution is -0.132. The molecule has 1 amide bonds. The van der Waals surface area contributed by atoms with Crippen LogP contribution in [0.25, 0.3) is 5.76 Å². The highest BCUT2D eigenvalue weighted by Crippen LogP contribution is 2.45. The van der Waals surface area contributed by atoms with Crippen molar-refractivity contribution in [1.29, 1.82) is 0 Å². The number of primary sulfonamides is 1. The Balaban J connectivity index is 1.89. The monoisotopic (exact) mass is 528 g/mol. The van der Waals surface area contributed by atoms with Crippen LogP contribution in [0, 0.1) is 0 Å². The number of hydrogen-bond acceptors (Lipinski definition) is 8. The van der Waals surface area contributed by atoms with Gasteiger partial charge in [-0.3, -0.25) is 14.5 Å². The molecule has 3 N–H and O–H groups in total. The molecule has 0 bridgehead atoms. The smallest absolute Gasteiger partial charge is 0.300 e. The first kappa shape index (κ1) is 25.4. The summed E-state index contributed by atoms with van der Waals surface area (Å²) in [6.07, 6.45) is 0. The van der Waals surface area contributed by atoms with Gasteiger partial charge in [0.1, 0.15) is 23.3 Å². The van der Waals surface area contributed by atoms with Crippen LogP contribution in [0.5, 0.6) is 11.5 Å². The Hall–Kier alpha value is -3.67. The Labute approximate surface area is 212 Å². The van der Waals surface area contributed by atoms with Crippen LogP contribution in [0.3, 0.4) is 0 Å². The van der Waals surface area contributed by atoms with Crippen molar-refractivity contribution in [1.82, 2.24) is 0 Å². The highest BCUT2D eigenvalue weighted by atomic mass is 32.2. The SMILES string of the molecule is CCOc1ccc(/C(O)=C2/C(=O)C(=O)N(c3ccc(S(N)(=O)=O)cc3)C2c2cccs2)c(OCC)c1. The zero-order chi connectivity index (χ0) is 26.0. The Morgan fingerprint density at radius 2 is 1.75 bits per heavy atom. The maximum Gasteiger partial charge on any atom is 0.300 e. The number of hydrogen-bond donors (Lipinski definition) is 2. The molecule has 0 spiro atoms. The van der Waals surface area contributed by atoms with Crippen molar-refractivity contribution in [2.45, 2.75) is 24.8 Å². The van der Waals surface area contributed by atoms with E-state index in [1.165, 1.54) is 40.5 Å². The molecule has 1 unspecified atom stereocenters. The average molecular weight is 529 g/mol. The molecule has 188 valence electrons. The average Bonchev–Trinajstić information content (AvgIpc) is 3.46. The predicted molar refractivity (Wildman–Crippen MR) is 136 cm³/mol. The maximum atomic E-state index is 13.3. The summed E-state index contributed by atoms with van der Waals surface area (Å²) in [7, 11) is -3.94. The van der Waals surface area contributed by atoms with Gasteiger partial charge in [0.25, 0.3) is 11.7 Å². The minimum Gasteiger partial charge on any atom is -0.507 e. The van der Waals surface area contributed by atoms with E-state index in [9.17, 15) is 23.1 Å². The summed E-state index contributed by atoms with van der Waals surface area (Å²) in [6, 6.07) is 12.7. The second kappa shape index (κ2) is 10.1. The molecule has 1 aromatic heterocycles. The minimum atomic E-state index is -3.94. The molecule has 1 aliphatic heterocycles. The number of aliphatic hydroxyl groups is 1. The van der Waals surface area contributed by atoms with Crippen LogP contribution in [0.2, 0.25) is 0 Å². The van der Waals surface area contributed by atoms with E-state index in [4.69, 9.17) is 14.6 Å². The lowest BCUT2D eigenvalue weighted by Crippen LogP contribution is -2.29. The van der Waals surface area contributed by atoms with Gasteiger partial charge in [-0.15, -0.1) is 11.3 Å². The third kappa shape index (κ3) is 4.72. The van der Waals surface area contributed by atoms with Crippen LogP contribution in [0.15, 0.2) is 70.4 Å². The summed E-state index contributed by atoms with van der Waals surface area (Å²) in [5.74, 6) is -1.29. The van der Waals surface area contributed by atoms with E-state index in [1.54, 1.807) is 42.6 Å². The molecule has 11 heteroatoms. The quantitative estimate of drug-likeness (QED) is 0.258. The number of benzene rings is 2. The number of Topliss-reactive ketones (excluding diaryl/α,β-unsaturated/α-hetero) is 1. The summed E-state index contributed by atoms with van der Waals surface area (Å²) in [6.45, 7) is 4.36. The number of nitrogens with two attached hydrogens (primary N) is 1. The molecule has 0 saturated carbocycles. The summed E-state index contributed by atoms with van der Waals surface area (Å²) < 4.78 is 34.6. The van der Waals surface area contributed by atoms with Crippen LogP contribution in [0.1, 0.15) is 30.3 Å². The Bertz CT molecular complexity index is 1430. The van der Waals surface area contributed by atoms with Gasteiger partial charge in [0, 0.05) is 16.6 Å². The first-order chi connectivity index (χ1) is 17.2. The van der Waals surface area contributed by atoms with E-state index in [0.717, 1.165) is 0 Å². The highest BCUT2D eigenvalue weighted by Gasteiger charge is 2.47. The van der Waals surface area contributed by atoms with E-state index in [1.807, 2.05) is 6.92 Å². The lowest BCUT2D eigenvalue weighted by atomic mass is 9.99. The number of amides is 1. The molecule has 0 radical (unpaired) electrons. The number of aliphatic hydroxyl groups excluding tert-OH is 1. The van der Waals surface area contributed by atoms with E-state index in [-0.39, 0.29) is 27.5 Å². The molecule has 2 heterocycles. The largest absolute Gasteiger partial charge is 0.507 e. The number of carbonyl (C=O) groups excluding carboxylic acids is 2. The zero-order valence-electron chi connectivity index (χ0n) is 19.5. The third-order valence-corrected chi connectivity index (χ3v) is 7.37. The molecule has 1 aliphatic rings. The fourth-order valence-electron chi connectivity index (χ4n) is 3.99. The van der Waals surface area contributed by atoms with Gasteiger partial charge in [-0.1, -0.05) is 6.07 Å². The Morgan fingerprint density at radius 3 is 2.33 bits per heavy atom. The van der Waals surface area contributed by atoms with E-state index in [2.05, 4.69) is 0 Å². The third-order valence-electron chi connectivity index (χ3n) is 5.52. The minimum absolute atomic E-state index is 0.108. The number of ether oxygens (including phenoxy) is 2. The van der Waals surface area contributed by atoms with Crippen LogP contribution in [0.4, 0.5) is 5.69 Å². The Morgan fingerprint density at radius 1 is 1.06 bits per heavy atom. The number of thiophene rings is 1. The van der Waals surface area contributed by atoms with Gasteiger partial charge in [0.05, 0.1) is 29.2 Å². The Kier molecular flexibility index (Phi) is 7.16. The molecule has 2 aromatic carbocycles. The molecule has 1 atom stereocenters. The van der Waals surface area contributed by atoms with Crippen molar-refractivity contribution in [3.8, 4) is 11.5 Å². The number of nitrogens with zero attached hydrogens (tertiary/aromatic N) is 1. The summed E-state index contributed by atoms with van der Waals surface area (Å²) in [5.41, 5.74) is 0.409. The van der Waals surface area contributed by atoms with Crippen LogP contribution in [-0.4, -0.2) is 38.4 Å². The van der Waals surface area contributed by atoms with Crippen LogP contribution >= 0.6 is 11.3 Å². The number of sulfonamides is 1. The van der Waals surface area contributed by atoms with Crippen LogP contribution in [-0.2, 0) is 19.6 Å². The predicted octanol–water partition coefficient (Wildman–Crippen LogP) is 3.82. The molecule has 4 rings (SSSR count). The molecule has 0 aliphatic carbocycles. The molecular formula is C25H24N2O7S2. The normalized spacial score (nSPS) is 17.4. The van der Waals surface area contributed by atoms with Crippen molar-refractivity contribution in [2.75, 3.05) is 18.1 Å². The number of ketones is 1. The van der Waals surface area contributed by atoms with Gasteiger partial charge in [-0.05, 0) is 61.7 Å². The molecular weight excluding hydrogens is 504 g/mol. The number of anilines is 1. The van der Waals surface area contributed by atoms with E-state index < -0.39 is 27.8 Å². The van der Waals surface area contributed by atoms with Crippen molar-refractivity contribution < 1.29 is 32.6 Å². The van der Waals surface area contributed by atoms with Gasteiger partial charge in [0.2, 0.25) is 10.0 Å². The van der Waals surface area contributed by atoms with Crippen molar-refractivity contribution in [2.24, 2.45) is 5.14 Å². The topological polar surface area (TPSA) is 136 Å². The summed E-state index contributed by atoms with van der Waals surface area (Å²) in [5, 5.41) is 18.4. The van der Waals surface area contributed by atoms with Gasteiger partial charge in [-0.25, -0.2) is 13.6 Å². The van der Waals surface area contributed by atoms with Crippen molar-refractivity contribution >= 4 is 44.5 Å². The first-order valence-corrected chi connectivity index (χ1v) is 13.5. The van der Waals surface area contributed by atoms with Gasteiger partial charge in [-0.2, -0.15) is 0 Å². The van der Waals surface area contributed by atoms with E-state index in [0.29, 0.717) is 29.6 Å². The van der Waals surface area contributed by atoms with Gasteiger partial charge in [0.15, 0.2) is 0 Å². The molecule has 3 aromatic rings. The standard InChI is InChI=1S/C25H24N2O7S2/c1-3-33-16-9-12-18(19(14-16)34-4-2)23(28)21-22(20-6-5-13-35-20)27(25(30)24(21)29)15-7-10-17(11-8-15)36(26,31)32/h5-14,22,28H,3-4H2,1-2H3,(H2,26,31,32)/b23-21-. The van der Waals surface area contributed by atoms with E-state index >= 15 is 0 Å². The number of carbonyl (C=O) groups is 2. The van der Waals surface area contributed by atoms with Crippen molar-refractivity contribution in [3.05, 3.63) is 76.0 Å². The summed E-state index contributed by atoms with van der Waals surface area (Å²) in [4.78, 5) is 28.3. The lowest BCUT2D eigenvalue weighted by Gasteiger charge is -2.24. The van der Waals surface area contributed by atoms with Gasteiger partial charge >= 0.3 is 0 Å². The first-order valence-electron chi connectivity index (χ1n) is 11.0. The molecule has 1 saturated heterocycles.